The van der Waals surface area contributed by atoms with Gasteiger partial charge in [0.05, 0.1) is 12.1 Å². The zero-order chi connectivity index (χ0) is 9.84. The largest absolute Gasteiger partial charge is 0.513 e. The lowest BCUT2D eigenvalue weighted by Crippen LogP contribution is -2.07. The molecule has 0 N–H and O–H groups in total. The molecule has 0 atom stereocenters. The lowest BCUT2D eigenvalue weighted by molar-refractivity contribution is 0.121. The number of benzene rings is 1. The molecule has 0 heterocycles. The molecule has 0 amide bonds. The van der Waals surface area contributed by atoms with E-state index in [2.05, 4.69) is 4.74 Å². The smallest absolute Gasteiger partial charge is 0.437 e. The molecule has 0 saturated carbocycles. The molecule has 5 heteroatoms. The topological polar surface area (TPSA) is 35.5 Å². The van der Waals surface area contributed by atoms with Crippen molar-refractivity contribution in [2.75, 3.05) is 7.11 Å². The Morgan fingerprint density at radius 1 is 1.38 bits per heavy atom. The second kappa shape index (κ2) is 4.35. The Morgan fingerprint density at radius 3 is 2.69 bits per heavy atom. The van der Waals surface area contributed by atoms with E-state index in [-0.39, 0.29) is 5.75 Å². The number of hydrogen-bond acceptors (Lipinski definition) is 3. The lowest BCUT2D eigenvalue weighted by Gasteiger charge is -2.04. The van der Waals surface area contributed by atoms with Crippen molar-refractivity contribution >= 4 is 29.4 Å². The molecule has 0 aliphatic rings. The maximum Gasteiger partial charge on any atom is 0.513 e. The van der Waals surface area contributed by atoms with Crippen LogP contribution in [0.2, 0.25) is 10.0 Å². The number of ether oxygens (including phenoxy) is 2. The van der Waals surface area contributed by atoms with Crippen molar-refractivity contribution in [2.24, 2.45) is 0 Å². The number of carbonyl (C=O) groups excluding carboxylic acids is 1. The van der Waals surface area contributed by atoms with E-state index in [0.717, 1.165) is 0 Å². The van der Waals surface area contributed by atoms with E-state index in [1.54, 1.807) is 6.07 Å². The fourth-order valence-corrected chi connectivity index (χ4v) is 1.01. The van der Waals surface area contributed by atoms with Gasteiger partial charge in [0.25, 0.3) is 0 Å². The van der Waals surface area contributed by atoms with E-state index in [0.29, 0.717) is 10.0 Å². The third kappa shape index (κ3) is 2.79. The molecule has 0 fully saturated rings. The Bertz CT molecular complexity index is 325. The summed E-state index contributed by atoms with van der Waals surface area (Å²) in [6.07, 6.45) is -0.829. The molecule has 0 radical (unpaired) electrons. The summed E-state index contributed by atoms with van der Waals surface area (Å²) in [7, 11) is 1.21. The number of hydrogen-bond donors (Lipinski definition) is 0. The first kappa shape index (κ1) is 10.2. The van der Waals surface area contributed by atoms with Gasteiger partial charge < -0.3 is 9.47 Å². The van der Waals surface area contributed by atoms with Gasteiger partial charge in [-0.1, -0.05) is 23.2 Å². The molecular formula is C8H6Cl2O3. The van der Waals surface area contributed by atoms with Crippen molar-refractivity contribution in [3.8, 4) is 5.75 Å². The normalized spacial score (nSPS) is 9.46. The van der Waals surface area contributed by atoms with Crippen molar-refractivity contribution in [2.45, 2.75) is 0 Å². The minimum atomic E-state index is -0.829. The summed E-state index contributed by atoms with van der Waals surface area (Å²) in [6, 6.07) is 4.55. The van der Waals surface area contributed by atoms with Crippen LogP contribution in [0.3, 0.4) is 0 Å². The van der Waals surface area contributed by atoms with Crippen molar-refractivity contribution in [1.29, 1.82) is 0 Å². The second-order valence-corrected chi connectivity index (χ2v) is 2.97. The van der Waals surface area contributed by atoms with Gasteiger partial charge in [-0.3, -0.25) is 0 Å². The van der Waals surface area contributed by atoms with Gasteiger partial charge in [-0.15, -0.1) is 0 Å². The van der Waals surface area contributed by atoms with Crippen molar-refractivity contribution in [3.05, 3.63) is 28.2 Å². The van der Waals surface area contributed by atoms with Crippen molar-refractivity contribution < 1.29 is 14.3 Å². The quantitative estimate of drug-likeness (QED) is 0.539. The molecule has 0 bridgehead atoms. The summed E-state index contributed by atoms with van der Waals surface area (Å²) in [5.74, 6) is 0.181. The van der Waals surface area contributed by atoms with E-state index in [9.17, 15) is 4.79 Å². The van der Waals surface area contributed by atoms with E-state index in [1.807, 2.05) is 0 Å². The van der Waals surface area contributed by atoms with Crippen LogP contribution in [0, 0.1) is 0 Å². The average Bonchev–Trinajstić information content (AvgIpc) is 2.11. The lowest BCUT2D eigenvalue weighted by atomic mass is 10.3. The maximum absolute atomic E-state index is 10.7. The molecular weight excluding hydrogens is 215 g/mol. The zero-order valence-corrected chi connectivity index (χ0v) is 8.22. The van der Waals surface area contributed by atoms with E-state index in [1.165, 1.54) is 19.2 Å². The minimum Gasteiger partial charge on any atom is -0.437 e. The highest BCUT2D eigenvalue weighted by Gasteiger charge is 2.07. The summed E-state index contributed by atoms with van der Waals surface area (Å²) < 4.78 is 8.98. The Balaban J connectivity index is 2.87. The first-order chi connectivity index (χ1) is 6.13. The predicted molar refractivity (Wildman–Crippen MR) is 49.5 cm³/mol. The van der Waals surface area contributed by atoms with Crippen molar-refractivity contribution in [3.63, 3.8) is 0 Å². The number of carbonyl (C=O) groups is 1. The molecule has 0 aliphatic carbocycles. The molecule has 0 aliphatic heterocycles. The fraction of sp³-hybridized carbons (Fsp3) is 0.125. The van der Waals surface area contributed by atoms with Crippen LogP contribution >= 0.6 is 23.2 Å². The van der Waals surface area contributed by atoms with Crippen LogP contribution in [0.4, 0.5) is 4.79 Å². The van der Waals surface area contributed by atoms with Gasteiger partial charge in [0.15, 0.2) is 5.75 Å². The van der Waals surface area contributed by atoms with Gasteiger partial charge in [-0.2, -0.15) is 0 Å². The molecule has 0 spiro atoms. The SMILES string of the molecule is COC(=O)Oc1cc(Cl)ccc1Cl. The molecule has 1 aromatic carbocycles. The van der Waals surface area contributed by atoms with Crippen molar-refractivity contribution in [1.82, 2.24) is 0 Å². The van der Waals surface area contributed by atoms with E-state index < -0.39 is 6.16 Å². The number of methoxy groups -OCH3 is 1. The Hall–Kier alpha value is -0.930. The Kier molecular flexibility index (Phi) is 3.39. The van der Waals surface area contributed by atoms with Gasteiger partial charge in [0.2, 0.25) is 0 Å². The van der Waals surface area contributed by atoms with Crippen LogP contribution < -0.4 is 4.74 Å². The zero-order valence-electron chi connectivity index (χ0n) is 6.71. The minimum absolute atomic E-state index is 0.181. The first-order valence-corrected chi connectivity index (χ1v) is 4.10. The molecule has 1 aromatic rings. The fourth-order valence-electron chi connectivity index (χ4n) is 0.687. The van der Waals surface area contributed by atoms with Crippen LogP contribution in [0.1, 0.15) is 0 Å². The Labute approximate surface area is 85.2 Å². The first-order valence-electron chi connectivity index (χ1n) is 3.34. The highest BCUT2D eigenvalue weighted by molar-refractivity contribution is 6.34. The third-order valence-corrected chi connectivity index (χ3v) is 1.80. The predicted octanol–water partition coefficient (Wildman–Crippen LogP) is 3.14. The molecule has 0 aromatic heterocycles. The van der Waals surface area contributed by atoms with Gasteiger partial charge in [0, 0.05) is 11.1 Å². The molecule has 13 heavy (non-hydrogen) atoms. The van der Waals surface area contributed by atoms with Crippen LogP contribution in [0.25, 0.3) is 0 Å². The monoisotopic (exact) mass is 220 g/mol. The highest BCUT2D eigenvalue weighted by Crippen LogP contribution is 2.27. The second-order valence-electron chi connectivity index (χ2n) is 2.13. The van der Waals surface area contributed by atoms with E-state index >= 15 is 0 Å². The van der Waals surface area contributed by atoms with Gasteiger partial charge in [-0.05, 0) is 12.1 Å². The summed E-state index contributed by atoms with van der Waals surface area (Å²) in [6.45, 7) is 0. The van der Waals surface area contributed by atoms with Gasteiger partial charge >= 0.3 is 6.16 Å². The number of rotatable bonds is 1. The van der Waals surface area contributed by atoms with Crippen LogP contribution in [-0.2, 0) is 4.74 Å². The Morgan fingerprint density at radius 2 is 2.08 bits per heavy atom. The maximum atomic E-state index is 10.7. The molecule has 70 valence electrons. The van der Waals surface area contributed by atoms with Crippen LogP contribution in [-0.4, -0.2) is 13.3 Å². The summed E-state index contributed by atoms with van der Waals surface area (Å²) >= 11 is 11.4. The molecule has 3 nitrogen and oxygen atoms in total. The van der Waals surface area contributed by atoms with Gasteiger partial charge in [0.1, 0.15) is 0 Å². The van der Waals surface area contributed by atoms with E-state index in [4.69, 9.17) is 27.9 Å². The van der Waals surface area contributed by atoms with Crippen LogP contribution in [0.15, 0.2) is 18.2 Å². The van der Waals surface area contributed by atoms with Crippen LogP contribution in [0.5, 0.6) is 5.75 Å². The molecule has 0 unspecified atom stereocenters. The van der Waals surface area contributed by atoms with Gasteiger partial charge in [-0.25, -0.2) is 4.79 Å². The summed E-state index contributed by atoms with van der Waals surface area (Å²) in [5.41, 5.74) is 0. The molecule has 0 saturated heterocycles. The molecule has 1 rings (SSSR count). The summed E-state index contributed by atoms with van der Waals surface area (Å²) in [4.78, 5) is 10.7. The standard InChI is InChI=1S/C8H6Cl2O3/c1-12-8(11)13-7-4-5(9)2-3-6(7)10/h2-4H,1H3. The average molecular weight is 221 g/mol. The number of halogens is 2. The summed E-state index contributed by atoms with van der Waals surface area (Å²) in [5, 5.41) is 0.734. The third-order valence-electron chi connectivity index (χ3n) is 1.25. The highest BCUT2D eigenvalue weighted by atomic mass is 35.5.